The quantitative estimate of drug-likeness (QED) is 0.729. The second-order valence-corrected chi connectivity index (χ2v) is 5.92. The Balaban J connectivity index is 2.78. The van der Waals surface area contributed by atoms with Gasteiger partial charge in [0.25, 0.3) is 0 Å². The van der Waals surface area contributed by atoms with Gasteiger partial charge in [-0.1, -0.05) is 32.6 Å². The van der Waals surface area contributed by atoms with Crippen LogP contribution >= 0.6 is 0 Å². The number of hydrogen-bond acceptors (Lipinski definition) is 3. The standard InChI is InChI=1S/C16H33N3O/c1-4-18(5-2)15(20)13-19(6-3)16(14-17)11-9-7-8-10-12-16/h4-14,17H2,1-3H3. The molecule has 1 rings (SSSR count). The van der Waals surface area contributed by atoms with Crippen LogP contribution in [-0.2, 0) is 4.79 Å². The van der Waals surface area contributed by atoms with Crippen molar-refractivity contribution >= 4 is 5.91 Å². The highest BCUT2D eigenvalue weighted by molar-refractivity contribution is 5.78. The Morgan fingerprint density at radius 1 is 1.00 bits per heavy atom. The van der Waals surface area contributed by atoms with Crippen LogP contribution in [0, 0.1) is 0 Å². The van der Waals surface area contributed by atoms with Gasteiger partial charge in [-0.3, -0.25) is 9.69 Å². The summed E-state index contributed by atoms with van der Waals surface area (Å²) >= 11 is 0. The monoisotopic (exact) mass is 283 g/mol. The van der Waals surface area contributed by atoms with E-state index in [1.807, 2.05) is 18.7 Å². The zero-order chi connectivity index (χ0) is 15.0. The van der Waals surface area contributed by atoms with Crippen molar-refractivity contribution in [3.05, 3.63) is 0 Å². The van der Waals surface area contributed by atoms with Crippen molar-refractivity contribution < 1.29 is 4.79 Å². The Kier molecular flexibility index (Phi) is 7.52. The minimum atomic E-state index is 0.0497. The highest BCUT2D eigenvalue weighted by atomic mass is 16.2. The summed E-state index contributed by atoms with van der Waals surface area (Å²) < 4.78 is 0. The Morgan fingerprint density at radius 2 is 1.55 bits per heavy atom. The molecule has 0 aliphatic heterocycles. The van der Waals surface area contributed by atoms with Gasteiger partial charge in [0.05, 0.1) is 6.54 Å². The number of nitrogens with zero attached hydrogens (tertiary/aromatic N) is 2. The molecule has 0 heterocycles. The van der Waals surface area contributed by atoms with Crippen LogP contribution in [0.4, 0.5) is 0 Å². The van der Waals surface area contributed by atoms with E-state index in [0.29, 0.717) is 13.1 Å². The minimum Gasteiger partial charge on any atom is -0.342 e. The molecule has 1 aliphatic rings. The van der Waals surface area contributed by atoms with E-state index in [1.165, 1.54) is 25.7 Å². The van der Waals surface area contributed by atoms with Crippen LogP contribution < -0.4 is 5.73 Å². The molecule has 0 atom stereocenters. The number of amides is 1. The third kappa shape index (κ3) is 4.19. The molecule has 0 bridgehead atoms. The highest BCUT2D eigenvalue weighted by Crippen LogP contribution is 2.31. The van der Waals surface area contributed by atoms with Crippen molar-refractivity contribution in [1.29, 1.82) is 0 Å². The summed E-state index contributed by atoms with van der Waals surface area (Å²) in [7, 11) is 0. The molecule has 1 aliphatic carbocycles. The molecule has 1 fully saturated rings. The van der Waals surface area contributed by atoms with Gasteiger partial charge in [-0.25, -0.2) is 0 Å². The third-order valence-corrected chi connectivity index (χ3v) is 4.91. The van der Waals surface area contributed by atoms with Gasteiger partial charge in [0.2, 0.25) is 5.91 Å². The molecule has 0 spiro atoms. The Labute approximate surface area is 124 Å². The molecular weight excluding hydrogens is 250 g/mol. The number of nitrogens with two attached hydrogens (primary N) is 1. The SMILES string of the molecule is CCN(CC)C(=O)CN(CC)C1(CN)CCCCCC1. The molecule has 0 aromatic rings. The topological polar surface area (TPSA) is 49.6 Å². The average Bonchev–Trinajstić information content (AvgIpc) is 2.72. The number of hydrogen-bond donors (Lipinski definition) is 1. The van der Waals surface area contributed by atoms with Gasteiger partial charge < -0.3 is 10.6 Å². The van der Waals surface area contributed by atoms with Crippen LogP contribution in [0.15, 0.2) is 0 Å². The van der Waals surface area contributed by atoms with E-state index in [2.05, 4.69) is 11.8 Å². The zero-order valence-corrected chi connectivity index (χ0v) is 13.7. The fraction of sp³-hybridized carbons (Fsp3) is 0.938. The molecule has 1 amide bonds. The molecule has 4 heteroatoms. The van der Waals surface area contributed by atoms with Gasteiger partial charge in [-0.05, 0) is 33.2 Å². The summed E-state index contributed by atoms with van der Waals surface area (Å²) in [4.78, 5) is 16.7. The molecular formula is C16H33N3O. The summed E-state index contributed by atoms with van der Waals surface area (Å²) in [5, 5.41) is 0. The van der Waals surface area contributed by atoms with Crippen molar-refractivity contribution in [2.75, 3.05) is 32.7 Å². The first-order valence-corrected chi connectivity index (χ1v) is 8.36. The largest absolute Gasteiger partial charge is 0.342 e. The van der Waals surface area contributed by atoms with Crippen LogP contribution in [-0.4, -0.2) is 54.0 Å². The van der Waals surface area contributed by atoms with E-state index in [4.69, 9.17) is 5.73 Å². The van der Waals surface area contributed by atoms with Crippen molar-refractivity contribution in [2.24, 2.45) is 5.73 Å². The first kappa shape index (κ1) is 17.4. The maximum Gasteiger partial charge on any atom is 0.236 e. The molecule has 4 nitrogen and oxygen atoms in total. The van der Waals surface area contributed by atoms with Gasteiger partial charge in [0.1, 0.15) is 0 Å². The van der Waals surface area contributed by atoms with E-state index in [0.717, 1.165) is 32.5 Å². The number of carbonyl (C=O) groups excluding carboxylic acids is 1. The predicted octanol–water partition coefficient (Wildman–Crippen LogP) is 2.23. The van der Waals surface area contributed by atoms with Crippen LogP contribution in [0.2, 0.25) is 0 Å². The van der Waals surface area contributed by atoms with Crippen molar-refractivity contribution in [1.82, 2.24) is 9.80 Å². The lowest BCUT2D eigenvalue weighted by atomic mass is 9.88. The van der Waals surface area contributed by atoms with Gasteiger partial charge in [0, 0.05) is 25.2 Å². The van der Waals surface area contributed by atoms with E-state index >= 15 is 0 Å². The van der Waals surface area contributed by atoms with Gasteiger partial charge in [-0.15, -0.1) is 0 Å². The number of carbonyl (C=O) groups is 1. The van der Waals surface area contributed by atoms with Crippen molar-refractivity contribution in [3.8, 4) is 0 Å². The number of likely N-dealkylation sites (N-methyl/N-ethyl adjacent to an activating group) is 2. The fourth-order valence-corrected chi connectivity index (χ4v) is 3.49. The summed E-state index contributed by atoms with van der Waals surface area (Å²) in [6, 6.07) is 0. The van der Waals surface area contributed by atoms with Crippen LogP contribution in [0.3, 0.4) is 0 Å². The van der Waals surface area contributed by atoms with Crippen LogP contribution in [0.5, 0.6) is 0 Å². The normalized spacial score (nSPS) is 18.9. The molecule has 118 valence electrons. The number of rotatable bonds is 7. The predicted molar refractivity (Wildman–Crippen MR) is 84.7 cm³/mol. The van der Waals surface area contributed by atoms with Gasteiger partial charge in [0.15, 0.2) is 0 Å². The molecule has 2 N–H and O–H groups in total. The molecule has 0 saturated heterocycles. The van der Waals surface area contributed by atoms with Gasteiger partial charge >= 0.3 is 0 Å². The van der Waals surface area contributed by atoms with Gasteiger partial charge in [-0.2, -0.15) is 0 Å². The first-order valence-electron chi connectivity index (χ1n) is 8.36. The lowest BCUT2D eigenvalue weighted by molar-refractivity contribution is -0.133. The van der Waals surface area contributed by atoms with E-state index in [9.17, 15) is 4.79 Å². The molecule has 0 radical (unpaired) electrons. The molecule has 0 aromatic carbocycles. The zero-order valence-electron chi connectivity index (χ0n) is 13.7. The molecule has 20 heavy (non-hydrogen) atoms. The van der Waals surface area contributed by atoms with Crippen LogP contribution in [0.1, 0.15) is 59.3 Å². The molecule has 0 unspecified atom stereocenters. The summed E-state index contributed by atoms with van der Waals surface area (Å²) in [6.45, 7) is 9.93. The van der Waals surface area contributed by atoms with E-state index in [1.54, 1.807) is 0 Å². The summed E-state index contributed by atoms with van der Waals surface area (Å²) in [5.74, 6) is 0.244. The summed E-state index contributed by atoms with van der Waals surface area (Å²) in [6.07, 6.45) is 7.39. The average molecular weight is 283 g/mol. The Morgan fingerprint density at radius 3 is 1.95 bits per heavy atom. The lowest BCUT2D eigenvalue weighted by Crippen LogP contribution is -2.56. The first-order chi connectivity index (χ1) is 9.63. The smallest absolute Gasteiger partial charge is 0.236 e. The highest BCUT2D eigenvalue weighted by Gasteiger charge is 2.36. The summed E-state index contributed by atoms with van der Waals surface area (Å²) in [5.41, 5.74) is 6.18. The maximum atomic E-state index is 12.4. The molecule has 1 saturated carbocycles. The Hall–Kier alpha value is -0.610. The molecule has 0 aromatic heterocycles. The van der Waals surface area contributed by atoms with Crippen LogP contribution in [0.25, 0.3) is 0 Å². The maximum absolute atomic E-state index is 12.4. The Bertz CT molecular complexity index is 281. The van der Waals surface area contributed by atoms with E-state index in [-0.39, 0.29) is 11.4 Å². The van der Waals surface area contributed by atoms with E-state index < -0.39 is 0 Å². The second-order valence-electron chi connectivity index (χ2n) is 5.92. The lowest BCUT2D eigenvalue weighted by Gasteiger charge is -2.43. The van der Waals surface area contributed by atoms with Crippen molar-refractivity contribution in [2.45, 2.75) is 64.8 Å². The van der Waals surface area contributed by atoms with Crippen molar-refractivity contribution in [3.63, 3.8) is 0 Å². The second kappa shape index (κ2) is 8.63. The third-order valence-electron chi connectivity index (χ3n) is 4.91. The fourth-order valence-electron chi connectivity index (χ4n) is 3.49. The minimum absolute atomic E-state index is 0.0497.